The Morgan fingerprint density at radius 2 is 1.77 bits per heavy atom. The Balaban J connectivity index is 1.84. The molecule has 30 heavy (non-hydrogen) atoms. The molecule has 2 aromatic carbocycles. The van der Waals surface area contributed by atoms with E-state index in [1.165, 1.54) is 0 Å². The van der Waals surface area contributed by atoms with Crippen molar-refractivity contribution in [2.45, 2.75) is 6.54 Å². The maximum atomic E-state index is 12.9. The van der Waals surface area contributed by atoms with Crippen molar-refractivity contribution in [1.29, 1.82) is 0 Å². The fraction of sp³-hybridized carbons (Fsp3) is 0.227. The molecule has 1 amide bonds. The number of aromatic nitrogens is 3. The minimum atomic E-state index is -0.299. The molecule has 0 aliphatic carbocycles. The summed E-state index contributed by atoms with van der Waals surface area (Å²) in [5.41, 5.74) is 10.3. The van der Waals surface area contributed by atoms with Gasteiger partial charge in [0.05, 0.1) is 31.3 Å². The van der Waals surface area contributed by atoms with Crippen molar-refractivity contribution >= 4 is 33.9 Å². The Labute approximate surface area is 173 Å². The van der Waals surface area contributed by atoms with Crippen molar-refractivity contribution in [2.24, 2.45) is 0 Å². The van der Waals surface area contributed by atoms with Gasteiger partial charge in [-0.1, -0.05) is 24.3 Å². The van der Waals surface area contributed by atoms with Crippen LogP contribution in [0.15, 0.2) is 48.5 Å². The molecular formula is C22H23N5O3. The minimum absolute atomic E-state index is 0.299. The molecule has 0 aliphatic rings. The summed E-state index contributed by atoms with van der Waals surface area (Å²) in [5, 5.41) is 2.83. The largest absolute Gasteiger partial charge is 0.497 e. The fourth-order valence-corrected chi connectivity index (χ4v) is 3.37. The van der Waals surface area contributed by atoms with Crippen LogP contribution in [0.4, 0.5) is 5.82 Å². The lowest BCUT2D eigenvalue weighted by molar-refractivity contribution is 0.0939. The van der Waals surface area contributed by atoms with E-state index in [0.717, 1.165) is 16.8 Å². The van der Waals surface area contributed by atoms with E-state index in [9.17, 15) is 4.79 Å². The maximum absolute atomic E-state index is 12.9. The van der Waals surface area contributed by atoms with Gasteiger partial charge in [0.1, 0.15) is 22.6 Å². The number of hydrogen-bond donors (Lipinski definition) is 2. The van der Waals surface area contributed by atoms with Gasteiger partial charge in [-0.2, -0.15) is 0 Å². The van der Waals surface area contributed by atoms with Gasteiger partial charge in [0.2, 0.25) is 0 Å². The molecule has 2 aromatic heterocycles. The van der Waals surface area contributed by atoms with Crippen LogP contribution in [0.2, 0.25) is 0 Å². The normalized spacial score (nSPS) is 11.1. The number of carbonyl (C=O) groups is 1. The Morgan fingerprint density at radius 1 is 1.07 bits per heavy atom. The number of para-hydroxylation sites is 2. The summed E-state index contributed by atoms with van der Waals surface area (Å²) in [6, 6.07) is 15.2. The monoisotopic (exact) mass is 405 g/mol. The lowest BCUT2D eigenvalue weighted by Crippen LogP contribution is -2.27. The molecule has 0 bridgehead atoms. The molecule has 154 valence electrons. The summed E-state index contributed by atoms with van der Waals surface area (Å²) in [4.78, 5) is 22.4. The van der Waals surface area contributed by atoms with Crippen LogP contribution in [-0.4, -0.2) is 47.8 Å². The predicted octanol–water partition coefficient (Wildman–Crippen LogP) is 2.60. The van der Waals surface area contributed by atoms with E-state index in [0.29, 0.717) is 47.8 Å². The number of rotatable bonds is 7. The summed E-state index contributed by atoms with van der Waals surface area (Å²) in [6.07, 6.45) is 0. The first-order valence-electron chi connectivity index (χ1n) is 9.57. The molecule has 0 saturated heterocycles. The van der Waals surface area contributed by atoms with Crippen molar-refractivity contribution in [3.8, 4) is 5.75 Å². The quantitative estimate of drug-likeness (QED) is 0.458. The third kappa shape index (κ3) is 3.65. The highest BCUT2D eigenvalue weighted by Crippen LogP contribution is 2.29. The van der Waals surface area contributed by atoms with Crippen molar-refractivity contribution in [3.63, 3.8) is 0 Å². The second-order valence-corrected chi connectivity index (χ2v) is 6.83. The van der Waals surface area contributed by atoms with Crippen molar-refractivity contribution in [1.82, 2.24) is 19.9 Å². The average molecular weight is 405 g/mol. The minimum Gasteiger partial charge on any atom is -0.497 e. The first-order chi connectivity index (χ1) is 14.6. The van der Waals surface area contributed by atoms with Gasteiger partial charge in [-0.3, -0.25) is 4.79 Å². The fourth-order valence-electron chi connectivity index (χ4n) is 3.37. The van der Waals surface area contributed by atoms with Crippen LogP contribution in [0.1, 0.15) is 15.9 Å². The number of amides is 1. The van der Waals surface area contributed by atoms with Crippen molar-refractivity contribution < 1.29 is 14.3 Å². The van der Waals surface area contributed by atoms with Crippen LogP contribution in [0.25, 0.3) is 22.2 Å². The van der Waals surface area contributed by atoms with Crippen LogP contribution in [0.5, 0.6) is 5.75 Å². The van der Waals surface area contributed by atoms with Crippen molar-refractivity contribution in [3.05, 3.63) is 59.7 Å². The summed E-state index contributed by atoms with van der Waals surface area (Å²) in [5.74, 6) is 0.798. The molecule has 0 atom stereocenters. The van der Waals surface area contributed by atoms with Gasteiger partial charge in [-0.15, -0.1) is 0 Å². The SMILES string of the molecule is COCCNC(=O)c1c(N)n(Cc2ccc(OC)cc2)c2nc3ccccc3nc12. The van der Waals surface area contributed by atoms with Gasteiger partial charge in [0.25, 0.3) is 5.91 Å². The molecule has 8 heteroatoms. The molecule has 3 N–H and O–H groups in total. The zero-order valence-corrected chi connectivity index (χ0v) is 16.9. The van der Waals surface area contributed by atoms with Gasteiger partial charge >= 0.3 is 0 Å². The second-order valence-electron chi connectivity index (χ2n) is 6.83. The predicted molar refractivity (Wildman–Crippen MR) is 116 cm³/mol. The number of nitrogens with one attached hydrogen (secondary N) is 1. The molecule has 0 saturated carbocycles. The van der Waals surface area contributed by atoms with Gasteiger partial charge < -0.3 is 25.1 Å². The molecule has 8 nitrogen and oxygen atoms in total. The van der Waals surface area contributed by atoms with Gasteiger partial charge in [-0.25, -0.2) is 9.97 Å². The summed E-state index contributed by atoms with van der Waals surface area (Å²) in [6.45, 7) is 1.23. The number of nitrogens with two attached hydrogens (primary N) is 1. The molecule has 0 fully saturated rings. The topological polar surface area (TPSA) is 104 Å². The van der Waals surface area contributed by atoms with E-state index in [1.807, 2.05) is 53.1 Å². The zero-order chi connectivity index (χ0) is 21.1. The number of carbonyl (C=O) groups excluding carboxylic acids is 1. The van der Waals surface area contributed by atoms with E-state index in [-0.39, 0.29) is 5.91 Å². The van der Waals surface area contributed by atoms with Gasteiger partial charge in [0.15, 0.2) is 5.65 Å². The maximum Gasteiger partial charge on any atom is 0.257 e. The highest BCUT2D eigenvalue weighted by Gasteiger charge is 2.24. The first kappa shape index (κ1) is 19.7. The lowest BCUT2D eigenvalue weighted by atomic mass is 10.2. The van der Waals surface area contributed by atoms with Crippen LogP contribution in [-0.2, 0) is 11.3 Å². The number of benzene rings is 2. The highest BCUT2D eigenvalue weighted by atomic mass is 16.5. The molecule has 4 rings (SSSR count). The van der Waals surface area contributed by atoms with Gasteiger partial charge in [-0.05, 0) is 29.8 Å². The third-order valence-corrected chi connectivity index (χ3v) is 4.91. The molecule has 2 heterocycles. The highest BCUT2D eigenvalue weighted by molar-refractivity contribution is 6.10. The van der Waals surface area contributed by atoms with E-state index >= 15 is 0 Å². The molecule has 4 aromatic rings. The number of anilines is 1. The van der Waals surface area contributed by atoms with Crippen LogP contribution in [0, 0.1) is 0 Å². The lowest BCUT2D eigenvalue weighted by Gasteiger charge is -2.09. The van der Waals surface area contributed by atoms with Crippen molar-refractivity contribution in [2.75, 3.05) is 33.1 Å². The average Bonchev–Trinajstić information content (AvgIpc) is 3.03. The first-order valence-corrected chi connectivity index (χ1v) is 9.57. The van der Waals surface area contributed by atoms with E-state index in [2.05, 4.69) is 5.32 Å². The molecular weight excluding hydrogens is 382 g/mol. The third-order valence-electron chi connectivity index (χ3n) is 4.91. The number of fused-ring (bicyclic) bond motifs is 2. The number of nitrogens with zero attached hydrogens (tertiary/aromatic N) is 3. The second kappa shape index (κ2) is 8.38. The standard InChI is InChI=1S/C22H23N5O3/c1-29-12-11-24-22(28)18-19-21(26-17-6-4-3-5-16(17)25-19)27(20(18)23)13-14-7-9-15(30-2)10-8-14/h3-10H,11-13,23H2,1-2H3,(H,24,28). The van der Waals surface area contributed by atoms with E-state index in [4.69, 9.17) is 25.2 Å². The van der Waals surface area contributed by atoms with Crippen LogP contribution >= 0.6 is 0 Å². The number of hydrogen-bond acceptors (Lipinski definition) is 6. The van der Waals surface area contributed by atoms with E-state index in [1.54, 1.807) is 14.2 Å². The van der Waals surface area contributed by atoms with E-state index < -0.39 is 0 Å². The van der Waals surface area contributed by atoms with Crippen LogP contribution in [0.3, 0.4) is 0 Å². The Morgan fingerprint density at radius 3 is 2.43 bits per heavy atom. The summed E-state index contributed by atoms with van der Waals surface area (Å²) >= 11 is 0. The Bertz CT molecular complexity index is 1200. The summed E-state index contributed by atoms with van der Waals surface area (Å²) in [7, 11) is 3.21. The van der Waals surface area contributed by atoms with Gasteiger partial charge in [0, 0.05) is 13.7 Å². The number of nitrogen functional groups attached to an aromatic ring is 1. The molecule has 0 aliphatic heterocycles. The Hall–Kier alpha value is -3.65. The molecule has 0 spiro atoms. The smallest absolute Gasteiger partial charge is 0.257 e. The molecule has 0 unspecified atom stereocenters. The Kier molecular flexibility index (Phi) is 5.49. The zero-order valence-electron chi connectivity index (χ0n) is 16.9. The number of ether oxygens (including phenoxy) is 2. The number of methoxy groups -OCH3 is 2. The van der Waals surface area contributed by atoms with Crippen LogP contribution < -0.4 is 15.8 Å². The molecule has 0 radical (unpaired) electrons. The summed E-state index contributed by atoms with van der Waals surface area (Å²) < 4.78 is 12.1.